The average Bonchev–Trinajstić information content (AvgIpc) is 3.10. The molecule has 2 N–H and O–H groups in total. The van der Waals surface area contributed by atoms with E-state index in [1.807, 2.05) is 37.3 Å². The fourth-order valence-electron chi connectivity index (χ4n) is 3.43. The molecule has 0 radical (unpaired) electrons. The summed E-state index contributed by atoms with van der Waals surface area (Å²) in [4.78, 5) is 12.3. The van der Waals surface area contributed by atoms with Crippen molar-refractivity contribution in [1.29, 1.82) is 0 Å². The van der Waals surface area contributed by atoms with Crippen LogP contribution >= 0.6 is 0 Å². The van der Waals surface area contributed by atoms with E-state index in [9.17, 15) is 4.79 Å². The SMILES string of the molecule is CC1(C(=O)NC2CCC(Nc3nnc(-c4ccccc4)o3)CC2)COC1. The molecule has 1 aromatic carbocycles. The monoisotopic (exact) mass is 356 g/mol. The van der Waals surface area contributed by atoms with E-state index < -0.39 is 0 Å². The van der Waals surface area contributed by atoms with Crippen molar-refractivity contribution in [3.8, 4) is 11.5 Å². The maximum Gasteiger partial charge on any atom is 0.315 e. The summed E-state index contributed by atoms with van der Waals surface area (Å²) in [6.07, 6.45) is 3.81. The van der Waals surface area contributed by atoms with Gasteiger partial charge in [0.1, 0.15) is 0 Å². The lowest BCUT2D eigenvalue weighted by Crippen LogP contribution is -2.54. The lowest BCUT2D eigenvalue weighted by atomic mass is 9.85. The molecule has 1 saturated heterocycles. The number of rotatable bonds is 5. The lowest BCUT2D eigenvalue weighted by Gasteiger charge is -2.38. The van der Waals surface area contributed by atoms with Crippen LogP contribution in [0.1, 0.15) is 32.6 Å². The van der Waals surface area contributed by atoms with Crippen molar-refractivity contribution in [1.82, 2.24) is 15.5 Å². The molecule has 7 nitrogen and oxygen atoms in total. The molecule has 1 amide bonds. The van der Waals surface area contributed by atoms with Crippen LogP contribution in [0.15, 0.2) is 34.7 Å². The maximum absolute atomic E-state index is 12.3. The zero-order chi connectivity index (χ0) is 18.0. The number of amides is 1. The topological polar surface area (TPSA) is 89.3 Å². The number of aromatic nitrogens is 2. The minimum Gasteiger partial charge on any atom is -0.403 e. The van der Waals surface area contributed by atoms with Gasteiger partial charge in [-0.2, -0.15) is 0 Å². The summed E-state index contributed by atoms with van der Waals surface area (Å²) in [5.41, 5.74) is 0.570. The number of ether oxygens (including phenoxy) is 1. The molecular weight excluding hydrogens is 332 g/mol. The molecule has 2 fully saturated rings. The summed E-state index contributed by atoms with van der Waals surface area (Å²) in [6, 6.07) is 10.7. The number of benzene rings is 1. The fourth-order valence-corrected chi connectivity index (χ4v) is 3.43. The van der Waals surface area contributed by atoms with E-state index in [0.29, 0.717) is 25.1 Å². The summed E-state index contributed by atoms with van der Waals surface area (Å²) in [5.74, 6) is 0.634. The molecule has 2 aromatic rings. The lowest BCUT2D eigenvalue weighted by molar-refractivity contribution is -0.158. The van der Waals surface area contributed by atoms with E-state index >= 15 is 0 Å². The molecule has 1 aliphatic heterocycles. The second-order valence-electron chi connectivity index (χ2n) is 7.50. The van der Waals surface area contributed by atoms with E-state index in [1.165, 1.54) is 0 Å². The Morgan fingerprint density at radius 2 is 1.77 bits per heavy atom. The van der Waals surface area contributed by atoms with Crippen molar-refractivity contribution in [3.63, 3.8) is 0 Å². The first-order valence-corrected chi connectivity index (χ1v) is 9.17. The summed E-state index contributed by atoms with van der Waals surface area (Å²) in [7, 11) is 0. The normalized spacial score (nSPS) is 24.5. The molecule has 1 aliphatic carbocycles. The van der Waals surface area contributed by atoms with Gasteiger partial charge >= 0.3 is 6.01 Å². The van der Waals surface area contributed by atoms with Gasteiger partial charge in [-0.05, 0) is 44.7 Å². The van der Waals surface area contributed by atoms with E-state index in [-0.39, 0.29) is 23.4 Å². The number of carbonyl (C=O) groups is 1. The van der Waals surface area contributed by atoms with Gasteiger partial charge in [0, 0.05) is 17.6 Å². The van der Waals surface area contributed by atoms with Gasteiger partial charge in [-0.25, -0.2) is 0 Å². The number of hydrogen-bond donors (Lipinski definition) is 2. The van der Waals surface area contributed by atoms with Crippen LogP contribution < -0.4 is 10.6 Å². The van der Waals surface area contributed by atoms with Crippen LogP contribution in [0.25, 0.3) is 11.5 Å². The Morgan fingerprint density at radius 1 is 1.08 bits per heavy atom. The van der Waals surface area contributed by atoms with Crippen molar-refractivity contribution in [2.24, 2.45) is 5.41 Å². The summed E-state index contributed by atoms with van der Waals surface area (Å²) < 4.78 is 10.9. The Bertz CT molecular complexity index is 749. The number of hydrogen-bond acceptors (Lipinski definition) is 6. The van der Waals surface area contributed by atoms with E-state index in [2.05, 4.69) is 20.8 Å². The number of anilines is 1. The average molecular weight is 356 g/mol. The third kappa shape index (κ3) is 3.58. The predicted octanol–water partition coefficient (Wildman–Crippen LogP) is 2.61. The van der Waals surface area contributed by atoms with Gasteiger partial charge < -0.3 is 19.8 Å². The molecule has 0 unspecified atom stereocenters. The van der Waals surface area contributed by atoms with Gasteiger partial charge in [-0.1, -0.05) is 23.3 Å². The minimum atomic E-state index is -0.341. The molecule has 0 atom stereocenters. The zero-order valence-electron chi connectivity index (χ0n) is 14.9. The molecular formula is C19H24N4O3. The van der Waals surface area contributed by atoms with Crippen LogP contribution in [0.4, 0.5) is 6.01 Å². The summed E-state index contributed by atoms with van der Waals surface area (Å²) in [5, 5.41) is 14.7. The first kappa shape index (κ1) is 17.0. The number of nitrogens with zero attached hydrogens (tertiary/aromatic N) is 2. The van der Waals surface area contributed by atoms with Crippen molar-refractivity contribution >= 4 is 11.9 Å². The molecule has 0 bridgehead atoms. The molecule has 26 heavy (non-hydrogen) atoms. The quantitative estimate of drug-likeness (QED) is 0.856. The maximum atomic E-state index is 12.3. The summed E-state index contributed by atoms with van der Waals surface area (Å²) in [6.45, 7) is 3.01. The number of nitrogens with one attached hydrogen (secondary N) is 2. The molecule has 138 valence electrons. The van der Waals surface area contributed by atoms with Crippen LogP contribution in [0.2, 0.25) is 0 Å². The van der Waals surface area contributed by atoms with Crippen molar-refractivity contribution in [3.05, 3.63) is 30.3 Å². The van der Waals surface area contributed by atoms with E-state index in [0.717, 1.165) is 31.2 Å². The third-order valence-electron chi connectivity index (χ3n) is 5.23. The van der Waals surface area contributed by atoms with Crippen LogP contribution in [0.3, 0.4) is 0 Å². The Morgan fingerprint density at radius 3 is 2.42 bits per heavy atom. The van der Waals surface area contributed by atoms with Crippen LogP contribution in [-0.4, -0.2) is 41.4 Å². The Labute approximate surface area is 152 Å². The molecule has 2 heterocycles. The highest BCUT2D eigenvalue weighted by Crippen LogP contribution is 2.29. The van der Waals surface area contributed by atoms with Gasteiger partial charge in [0.05, 0.1) is 18.6 Å². The second kappa shape index (κ2) is 7.07. The Balaban J connectivity index is 1.26. The fraction of sp³-hybridized carbons (Fsp3) is 0.526. The van der Waals surface area contributed by atoms with E-state index in [4.69, 9.17) is 9.15 Å². The Hall–Kier alpha value is -2.41. The van der Waals surface area contributed by atoms with Crippen molar-refractivity contribution in [2.45, 2.75) is 44.7 Å². The predicted molar refractivity (Wildman–Crippen MR) is 96.5 cm³/mol. The molecule has 0 spiro atoms. The van der Waals surface area contributed by atoms with Crippen LogP contribution in [0.5, 0.6) is 0 Å². The third-order valence-corrected chi connectivity index (χ3v) is 5.23. The minimum absolute atomic E-state index is 0.115. The van der Waals surface area contributed by atoms with Gasteiger partial charge in [-0.3, -0.25) is 4.79 Å². The highest BCUT2D eigenvalue weighted by molar-refractivity contribution is 5.83. The molecule has 4 rings (SSSR count). The van der Waals surface area contributed by atoms with Crippen LogP contribution in [-0.2, 0) is 9.53 Å². The Kier molecular flexibility index (Phi) is 4.63. The van der Waals surface area contributed by atoms with E-state index in [1.54, 1.807) is 0 Å². The largest absolute Gasteiger partial charge is 0.403 e. The van der Waals surface area contributed by atoms with Crippen molar-refractivity contribution in [2.75, 3.05) is 18.5 Å². The van der Waals surface area contributed by atoms with Crippen LogP contribution in [0, 0.1) is 5.41 Å². The molecule has 2 aliphatic rings. The van der Waals surface area contributed by atoms with Gasteiger partial charge in [0.15, 0.2) is 0 Å². The first-order valence-electron chi connectivity index (χ1n) is 9.17. The first-order chi connectivity index (χ1) is 12.6. The second-order valence-corrected chi connectivity index (χ2v) is 7.50. The molecule has 1 saturated carbocycles. The smallest absolute Gasteiger partial charge is 0.315 e. The standard InChI is InChI=1S/C19H24N4O3/c1-19(11-25-12-19)17(24)20-14-7-9-15(10-8-14)21-18-23-22-16(26-18)13-5-3-2-4-6-13/h2-6,14-15H,7-12H2,1H3,(H,20,24)(H,21,23). The van der Waals surface area contributed by atoms with Crippen molar-refractivity contribution < 1.29 is 13.9 Å². The van der Waals surface area contributed by atoms with Gasteiger partial charge in [0.2, 0.25) is 11.8 Å². The summed E-state index contributed by atoms with van der Waals surface area (Å²) >= 11 is 0. The highest BCUT2D eigenvalue weighted by Gasteiger charge is 2.42. The van der Waals surface area contributed by atoms with Gasteiger partial charge in [0.25, 0.3) is 0 Å². The zero-order valence-corrected chi connectivity index (χ0v) is 14.9. The molecule has 7 heteroatoms. The highest BCUT2D eigenvalue weighted by atomic mass is 16.5. The van der Waals surface area contributed by atoms with Gasteiger partial charge in [-0.15, -0.1) is 5.10 Å². The number of carbonyl (C=O) groups excluding carboxylic acids is 1. The molecule has 1 aromatic heterocycles.